The number of nitrogens with one attached hydrogen (secondary N) is 2. The molecule has 0 aliphatic heterocycles. The van der Waals surface area contributed by atoms with Crippen molar-refractivity contribution in [1.29, 1.82) is 0 Å². The summed E-state index contributed by atoms with van der Waals surface area (Å²) in [6.45, 7) is 3.83. The second-order valence-corrected chi connectivity index (χ2v) is 7.91. The molecule has 25 heavy (non-hydrogen) atoms. The van der Waals surface area contributed by atoms with Gasteiger partial charge in [-0.05, 0) is 50.1 Å². The molecule has 0 saturated carbocycles. The van der Waals surface area contributed by atoms with Gasteiger partial charge in [0.2, 0.25) is 10.0 Å². The van der Waals surface area contributed by atoms with Gasteiger partial charge >= 0.3 is 0 Å². The van der Waals surface area contributed by atoms with E-state index in [-0.39, 0.29) is 21.5 Å². The maximum Gasteiger partial charge on any atom is 0.252 e. The third-order valence-corrected chi connectivity index (χ3v) is 5.29. The molecule has 0 aliphatic carbocycles. The summed E-state index contributed by atoms with van der Waals surface area (Å²) in [7, 11) is -3.69. The fraction of sp³-hybridized carbons (Fsp3) is 0.294. The lowest BCUT2D eigenvalue weighted by atomic mass is 10.2. The third-order valence-electron chi connectivity index (χ3n) is 3.31. The number of halogens is 1. The Labute approximate surface area is 152 Å². The molecule has 0 atom stereocenters. The number of benzene rings is 1. The first-order valence-corrected chi connectivity index (χ1v) is 9.64. The van der Waals surface area contributed by atoms with Crippen LogP contribution in [-0.2, 0) is 16.4 Å². The van der Waals surface area contributed by atoms with Crippen LogP contribution >= 0.6 is 11.6 Å². The SMILES string of the molecule is CC(C)NS(=O)(=O)c1ccc(Cl)c(C(=O)NCCc2cccnc2)c1. The van der Waals surface area contributed by atoms with Crippen LogP contribution in [0.25, 0.3) is 0 Å². The minimum absolute atomic E-state index is 0.00279. The molecule has 1 amide bonds. The van der Waals surface area contributed by atoms with Crippen molar-refractivity contribution in [2.45, 2.75) is 31.2 Å². The average molecular weight is 382 g/mol. The second kappa shape index (κ2) is 8.42. The maximum absolute atomic E-state index is 12.3. The van der Waals surface area contributed by atoms with Gasteiger partial charge in [-0.15, -0.1) is 0 Å². The number of carbonyl (C=O) groups is 1. The highest BCUT2D eigenvalue weighted by atomic mass is 35.5. The van der Waals surface area contributed by atoms with E-state index in [1.54, 1.807) is 26.2 Å². The standard InChI is InChI=1S/C17H20ClN3O3S/c1-12(2)21-25(23,24)14-5-6-16(18)15(10-14)17(22)20-9-7-13-4-3-8-19-11-13/h3-6,8,10-12,21H,7,9H2,1-2H3,(H,20,22). The summed E-state index contributed by atoms with van der Waals surface area (Å²) in [6, 6.07) is 7.55. The van der Waals surface area contributed by atoms with E-state index in [2.05, 4.69) is 15.0 Å². The Morgan fingerprint density at radius 2 is 2.04 bits per heavy atom. The normalized spacial score (nSPS) is 11.5. The summed E-state index contributed by atoms with van der Waals surface area (Å²) < 4.78 is 26.9. The van der Waals surface area contributed by atoms with Crippen LogP contribution in [0.2, 0.25) is 5.02 Å². The molecule has 0 radical (unpaired) electrons. The van der Waals surface area contributed by atoms with Gasteiger partial charge in [0.1, 0.15) is 0 Å². The van der Waals surface area contributed by atoms with E-state index >= 15 is 0 Å². The van der Waals surface area contributed by atoms with Gasteiger partial charge in [0, 0.05) is 25.0 Å². The molecule has 134 valence electrons. The Hall–Kier alpha value is -1.96. The monoisotopic (exact) mass is 381 g/mol. The molecule has 0 spiro atoms. The molecule has 2 N–H and O–H groups in total. The Morgan fingerprint density at radius 3 is 2.68 bits per heavy atom. The first kappa shape index (κ1) is 19.4. The van der Waals surface area contributed by atoms with Gasteiger partial charge in [-0.3, -0.25) is 9.78 Å². The van der Waals surface area contributed by atoms with E-state index in [0.29, 0.717) is 13.0 Å². The zero-order valence-corrected chi connectivity index (χ0v) is 15.6. The Balaban J connectivity index is 2.10. The van der Waals surface area contributed by atoms with Gasteiger partial charge in [0.15, 0.2) is 0 Å². The van der Waals surface area contributed by atoms with Crippen molar-refractivity contribution in [1.82, 2.24) is 15.0 Å². The number of pyridine rings is 1. The first-order chi connectivity index (χ1) is 11.8. The number of aromatic nitrogens is 1. The Kier molecular flexibility index (Phi) is 6.52. The van der Waals surface area contributed by atoms with E-state index in [4.69, 9.17) is 11.6 Å². The zero-order chi connectivity index (χ0) is 18.4. The van der Waals surface area contributed by atoms with Crippen LogP contribution in [0.5, 0.6) is 0 Å². The van der Waals surface area contributed by atoms with Gasteiger partial charge in [-0.2, -0.15) is 0 Å². The highest BCUT2D eigenvalue weighted by molar-refractivity contribution is 7.89. The van der Waals surface area contributed by atoms with Crippen molar-refractivity contribution >= 4 is 27.5 Å². The number of sulfonamides is 1. The van der Waals surface area contributed by atoms with Gasteiger partial charge in [-0.25, -0.2) is 13.1 Å². The molecule has 0 unspecified atom stereocenters. The quantitative estimate of drug-likeness (QED) is 0.770. The molecule has 2 rings (SSSR count). The van der Waals surface area contributed by atoms with Crippen molar-refractivity contribution in [2.24, 2.45) is 0 Å². The van der Waals surface area contributed by atoms with E-state index in [1.807, 2.05) is 12.1 Å². The minimum Gasteiger partial charge on any atom is -0.352 e. The fourth-order valence-electron chi connectivity index (χ4n) is 2.19. The van der Waals surface area contributed by atoms with Gasteiger partial charge in [0.25, 0.3) is 5.91 Å². The molecule has 0 saturated heterocycles. The summed E-state index contributed by atoms with van der Waals surface area (Å²) >= 11 is 6.06. The zero-order valence-electron chi connectivity index (χ0n) is 14.0. The summed E-state index contributed by atoms with van der Waals surface area (Å²) in [6.07, 6.45) is 4.02. The number of carbonyl (C=O) groups excluding carboxylic acids is 1. The number of amides is 1. The van der Waals surface area contributed by atoms with Gasteiger partial charge < -0.3 is 5.32 Å². The average Bonchev–Trinajstić information content (AvgIpc) is 2.54. The lowest BCUT2D eigenvalue weighted by Crippen LogP contribution is -2.31. The Bertz CT molecular complexity index is 839. The summed E-state index contributed by atoms with van der Waals surface area (Å²) in [5, 5.41) is 2.94. The van der Waals surface area contributed by atoms with E-state index in [0.717, 1.165) is 5.56 Å². The van der Waals surface area contributed by atoms with Gasteiger partial charge in [0.05, 0.1) is 15.5 Å². The van der Waals surface area contributed by atoms with E-state index in [1.165, 1.54) is 18.2 Å². The fourth-order valence-corrected chi connectivity index (χ4v) is 3.67. The molecule has 1 heterocycles. The van der Waals surface area contributed by atoms with Crippen LogP contribution in [0.3, 0.4) is 0 Å². The number of hydrogen-bond acceptors (Lipinski definition) is 4. The smallest absolute Gasteiger partial charge is 0.252 e. The van der Waals surface area contributed by atoms with E-state index < -0.39 is 15.9 Å². The van der Waals surface area contributed by atoms with E-state index in [9.17, 15) is 13.2 Å². The third kappa shape index (κ3) is 5.52. The van der Waals surface area contributed by atoms with Crippen LogP contribution in [-0.4, -0.2) is 31.9 Å². The second-order valence-electron chi connectivity index (χ2n) is 5.78. The van der Waals surface area contributed by atoms with Gasteiger partial charge in [-0.1, -0.05) is 17.7 Å². The number of nitrogens with zero attached hydrogens (tertiary/aromatic N) is 1. The van der Waals surface area contributed by atoms with Crippen molar-refractivity contribution in [2.75, 3.05) is 6.54 Å². The van der Waals surface area contributed by atoms with Crippen molar-refractivity contribution in [3.63, 3.8) is 0 Å². The molecular formula is C17H20ClN3O3S. The predicted octanol–water partition coefficient (Wildman–Crippen LogP) is 2.39. The lowest BCUT2D eigenvalue weighted by molar-refractivity contribution is 0.0954. The molecule has 0 bridgehead atoms. The highest BCUT2D eigenvalue weighted by Crippen LogP contribution is 2.20. The summed E-state index contributed by atoms with van der Waals surface area (Å²) in [4.78, 5) is 16.3. The molecule has 8 heteroatoms. The van der Waals surface area contributed by atoms with Crippen molar-refractivity contribution in [3.05, 3.63) is 58.9 Å². The van der Waals surface area contributed by atoms with Crippen LogP contribution in [0, 0.1) is 0 Å². The first-order valence-electron chi connectivity index (χ1n) is 7.78. The van der Waals surface area contributed by atoms with Crippen LogP contribution < -0.4 is 10.0 Å². The Morgan fingerprint density at radius 1 is 1.28 bits per heavy atom. The summed E-state index contributed by atoms with van der Waals surface area (Å²) in [5.74, 6) is -0.421. The predicted molar refractivity (Wildman–Crippen MR) is 97.2 cm³/mol. The van der Waals surface area contributed by atoms with Crippen molar-refractivity contribution < 1.29 is 13.2 Å². The molecule has 6 nitrogen and oxygen atoms in total. The largest absolute Gasteiger partial charge is 0.352 e. The van der Waals surface area contributed by atoms with Crippen molar-refractivity contribution in [3.8, 4) is 0 Å². The topological polar surface area (TPSA) is 88.2 Å². The van der Waals surface area contributed by atoms with Crippen LogP contribution in [0.1, 0.15) is 29.8 Å². The molecule has 2 aromatic rings. The maximum atomic E-state index is 12.3. The molecular weight excluding hydrogens is 362 g/mol. The molecule has 1 aromatic heterocycles. The van der Waals surface area contributed by atoms with Crippen LogP contribution in [0.15, 0.2) is 47.6 Å². The molecule has 0 fully saturated rings. The highest BCUT2D eigenvalue weighted by Gasteiger charge is 2.19. The summed E-state index contributed by atoms with van der Waals surface area (Å²) in [5.41, 5.74) is 1.12. The molecule has 1 aromatic carbocycles. The lowest BCUT2D eigenvalue weighted by Gasteiger charge is -2.12. The molecule has 0 aliphatic rings. The van der Waals surface area contributed by atoms with Crippen LogP contribution in [0.4, 0.5) is 0 Å². The number of hydrogen-bond donors (Lipinski definition) is 2. The minimum atomic E-state index is -3.69. The number of rotatable bonds is 7.